The number of quaternary nitrogens is 1. The minimum absolute atomic E-state index is 0. The fourth-order valence-corrected chi connectivity index (χ4v) is 3.14. The fourth-order valence-electron chi connectivity index (χ4n) is 2.78. The summed E-state index contributed by atoms with van der Waals surface area (Å²) >= 11 is 6.37. The Kier molecular flexibility index (Phi) is 19.0. The first-order valence-corrected chi connectivity index (χ1v) is 9.19. The molecule has 1 nitrogen and oxygen atoms in total. The van der Waals surface area contributed by atoms with Crippen LogP contribution in [-0.2, 0) is 0 Å². The van der Waals surface area contributed by atoms with Gasteiger partial charge < -0.3 is 28.5 Å². The molecule has 0 heterocycles. The van der Waals surface area contributed by atoms with Gasteiger partial charge in [-0.15, -0.1) is 0 Å². The van der Waals surface area contributed by atoms with Gasteiger partial charge >= 0.3 is 0 Å². The summed E-state index contributed by atoms with van der Waals surface area (Å²) in [6.45, 7) is 10.8. The molecule has 0 aliphatic carbocycles. The third kappa shape index (κ3) is 11.6. The molecular formula is C17H37ClIN. The average Bonchev–Trinajstić information content (AvgIpc) is 2.43. The predicted octanol–water partition coefficient (Wildman–Crippen LogP) is 2.96. The average molecular weight is 418 g/mol. The second-order valence-electron chi connectivity index (χ2n) is 6.11. The van der Waals surface area contributed by atoms with E-state index in [4.69, 9.17) is 11.6 Å². The number of nitrogens with zero attached hydrogens (tertiary/aromatic N) is 1. The molecule has 0 amide bonds. The molecule has 0 atom stereocenters. The van der Waals surface area contributed by atoms with Gasteiger partial charge in [-0.05, 0) is 38.5 Å². The molecule has 0 fully saturated rings. The summed E-state index contributed by atoms with van der Waals surface area (Å²) in [7, 11) is 0. The highest BCUT2D eigenvalue weighted by Crippen LogP contribution is 2.17. The molecule has 0 saturated heterocycles. The first-order valence-electron chi connectivity index (χ1n) is 8.65. The minimum atomic E-state index is 0. The zero-order valence-corrected chi connectivity index (χ0v) is 17.0. The Labute approximate surface area is 150 Å². The van der Waals surface area contributed by atoms with Crippen molar-refractivity contribution >= 4 is 11.6 Å². The van der Waals surface area contributed by atoms with Crippen LogP contribution in [0.25, 0.3) is 0 Å². The Hall–Kier alpha value is 0.980. The predicted molar refractivity (Wildman–Crippen MR) is 88.8 cm³/mol. The molecule has 0 aromatic rings. The van der Waals surface area contributed by atoms with Gasteiger partial charge in [0, 0.05) is 0 Å². The van der Waals surface area contributed by atoms with E-state index in [0.29, 0.717) is 0 Å². The molecule has 0 bridgehead atoms. The standard InChI is InChI=1S/C17H37ClN.HI/c1-4-7-10-13-16-19(17-18,14-11-8-5-2)15-12-9-6-3;/h4-17H2,1-3H3;1H/q+1;/p-1. The zero-order valence-electron chi connectivity index (χ0n) is 14.1. The van der Waals surface area contributed by atoms with Crippen LogP contribution in [0.1, 0.15) is 85.0 Å². The van der Waals surface area contributed by atoms with Crippen molar-refractivity contribution in [2.75, 3.05) is 25.6 Å². The van der Waals surface area contributed by atoms with Crippen LogP contribution in [0.5, 0.6) is 0 Å². The second kappa shape index (κ2) is 16.4. The van der Waals surface area contributed by atoms with Crippen molar-refractivity contribution in [2.45, 2.75) is 85.0 Å². The van der Waals surface area contributed by atoms with Crippen LogP contribution in [0.4, 0.5) is 0 Å². The maximum Gasteiger partial charge on any atom is 0.154 e. The van der Waals surface area contributed by atoms with E-state index < -0.39 is 0 Å². The van der Waals surface area contributed by atoms with E-state index in [1.54, 1.807) is 0 Å². The monoisotopic (exact) mass is 417 g/mol. The second-order valence-corrected chi connectivity index (χ2v) is 6.35. The number of unbranched alkanes of at least 4 members (excludes halogenated alkanes) is 7. The minimum Gasteiger partial charge on any atom is -1.00 e. The lowest BCUT2D eigenvalue weighted by Gasteiger charge is -2.37. The molecule has 0 aliphatic heterocycles. The summed E-state index contributed by atoms with van der Waals surface area (Å²) in [6.07, 6.45) is 13.5. The lowest BCUT2D eigenvalue weighted by Crippen LogP contribution is -3.00. The largest absolute Gasteiger partial charge is 1.00 e. The molecule has 0 rings (SSSR count). The topological polar surface area (TPSA) is 0 Å². The van der Waals surface area contributed by atoms with Crippen LogP contribution in [-0.4, -0.2) is 30.1 Å². The van der Waals surface area contributed by atoms with Crippen molar-refractivity contribution in [3.63, 3.8) is 0 Å². The molecule has 0 saturated carbocycles. The molecule has 0 unspecified atom stereocenters. The Morgan fingerprint density at radius 3 is 1.30 bits per heavy atom. The summed E-state index contributed by atoms with van der Waals surface area (Å²) < 4.78 is 1.17. The van der Waals surface area contributed by atoms with Crippen molar-refractivity contribution in [3.8, 4) is 0 Å². The third-order valence-corrected chi connectivity index (χ3v) is 4.72. The van der Waals surface area contributed by atoms with Gasteiger partial charge in [0.15, 0.2) is 6.00 Å². The molecule has 3 heteroatoms. The van der Waals surface area contributed by atoms with Gasteiger partial charge in [-0.1, -0.05) is 58.1 Å². The van der Waals surface area contributed by atoms with E-state index >= 15 is 0 Å². The molecule has 0 aromatic carbocycles. The number of alkyl halides is 1. The highest BCUT2D eigenvalue weighted by molar-refractivity contribution is 6.16. The van der Waals surface area contributed by atoms with E-state index in [-0.39, 0.29) is 24.0 Å². The first kappa shape index (κ1) is 23.2. The Balaban J connectivity index is 0. The lowest BCUT2D eigenvalue weighted by molar-refractivity contribution is -0.918. The van der Waals surface area contributed by atoms with Crippen LogP contribution >= 0.6 is 11.6 Å². The van der Waals surface area contributed by atoms with Crippen LogP contribution in [0, 0.1) is 0 Å². The van der Waals surface area contributed by atoms with Gasteiger partial charge in [-0.2, -0.15) is 0 Å². The Morgan fingerprint density at radius 1 is 0.600 bits per heavy atom. The van der Waals surface area contributed by atoms with Crippen LogP contribution < -0.4 is 24.0 Å². The SMILES string of the molecule is CCCCCC[N+](CCl)(CCCCC)CCCCC.[I-]. The summed E-state index contributed by atoms with van der Waals surface area (Å²) in [5.74, 6) is 0. The van der Waals surface area contributed by atoms with Gasteiger partial charge in [0.1, 0.15) is 0 Å². The summed E-state index contributed by atoms with van der Waals surface area (Å²) in [5.41, 5.74) is 0. The normalized spacial score (nSPS) is 11.4. The van der Waals surface area contributed by atoms with Gasteiger partial charge in [0.05, 0.1) is 19.6 Å². The van der Waals surface area contributed by atoms with Crippen molar-refractivity contribution < 1.29 is 28.5 Å². The molecule has 0 aromatic heterocycles. The van der Waals surface area contributed by atoms with Crippen LogP contribution in [0.2, 0.25) is 0 Å². The van der Waals surface area contributed by atoms with Gasteiger partial charge in [-0.25, -0.2) is 0 Å². The number of rotatable bonds is 14. The lowest BCUT2D eigenvalue weighted by atomic mass is 10.1. The van der Waals surface area contributed by atoms with Crippen molar-refractivity contribution in [1.29, 1.82) is 0 Å². The van der Waals surface area contributed by atoms with Gasteiger partial charge in [-0.3, -0.25) is 0 Å². The Morgan fingerprint density at radius 2 is 0.950 bits per heavy atom. The maximum absolute atomic E-state index is 6.37. The van der Waals surface area contributed by atoms with E-state index in [9.17, 15) is 0 Å². The van der Waals surface area contributed by atoms with Crippen LogP contribution in [0.3, 0.4) is 0 Å². The fraction of sp³-hybridized carbons (Fsp3) is 1.00. The summed E-state index contributed by atoms with van der Waals surface area (Å²) in [6, 6.07) is 0.819. The molecule has 0 spiro atoms. The van der Waals surface area contributed by atoms with Gasteiger partial charge in [0.25, 0.3) is 0 Å². The molecule has 20 heavy (non-hydrogen) atoms. The highest BCUT2D eigenvalue weighted by atomic mass is 127. The van der Waals surface area contributed by atoms with Crippen molar-refractivity contribution in [2.24, 2.45) is 0 Å². The van der Waals surface area contributed by atoms with Crippen LogP contribution in [0.15, 0.2) is 0 Å². The van der Waals surface area contributed by atoms with E-state index in [1.807, 2.05) is 0 Å². The molecular weight excluding hydrogens is 381 g/mol. The third-order valence-electron chi connectivity index (χ3n) is 4.21. The number of halogens is 2. The number of hydrogen-bond donors (Lipinski definition) is 0. The molecule has 124 valence electrons. The first-order chi connectivity index (χ1) is 9.24. The number of hydrogen-bond acceptors (Lipinski definition) is 0. The van der Waals surface area contributed by atoms with E-state index in [1.165, 1.54) is 88.3 Å². The summed E-state index contributed by atoms with van der Waals surface area (Å²) in [4.78, 5) is 0. The maximum atomic E-state index is 6.37. The smallest absolute Gasteiger partial charge is 0.154 e. The highest BCUT2D eigenvalue weighted by Gasteiger charge is 2.24. The van der Waals surface area contributed by atoms with Crippen molar-refractivity contribution in [1.82, 2.24) is 0 Å². The molecule has 0 aliphatic rings. The quantitative estimate of drug-likeness (QED) is 0.134. The summed E-state index contributed by atoms with van der Waals surface area (Å²) in [5, 5.41) is 0. The van der Waals surface area contributed by atoms with Crippen molar-refractivity contribution in [3.05, 3.63) is 0 Å². The van der Waals surface area contributed by atoms with Gasteiger partial charge in [0.2, 0.25) is 0 Å². The van der Waals surface area contributed by atoms with E-state index in [0.717, 1.165) is 6.00 Å². The Bertz CT molecular complexity index is 178. The zero-order chi connectivity index (χ0) is 14.4. The molecule has 0 N–H and O–H groups in total. The molecule has 0 radical (unpaired) electrons. The van der Waals surface area contributed by atoms with E-state index in [2.05, 4.69) is 20.8 Å².